The van der Waals surface area contributed by atoms with Crippen molar-refractivity contribution in [1.29, 1.82) is 0 Å². The van der Waals surface area contributed by atoms with Crippen molar-refractivity contribution < 1.29 is 18.7 Å². The molecule has 4 heteroatoms. The molecule has 16 heavy (non-hydrogen) atoms. The molecular formula is C12H11FO3. The van der Waals surface area contributed by atoms with Crippen LogP contribution in [-0.2, 0) is 9.53 Å². The second kappa shape index (κ2) is 4.04. The van der Waals surface area contributed by atoms with Crippen molar-refractivity contribution in [3.05, 3.63) is 35.1 Å². The lowest BCUT2D eigenvalue weighted by Gasteiger charge is -2.08. The summed E-state index contributed by atoms with van der Waals surface area (Å²) >= 11 is 0. The van der Waals surface area contributed by atoms with E-state index in [2.05, 4.69) is 0 Å². The number of halogens is 1. The largest absolute Gasteiger partial charge is 0.454 e. The number of cyclic esters (lactones) is 1. The second-order valence-corrected chi connectivity index (χ2v) is 3.85. The van der Waals surface area contributed by atoms with Crippen LogP contribution >= 0.6 is 0 Å². The average molecular weight is 222 g/mol. The van der Waals surface area contributed by atoms with Crippen LogP contribution in [0.5, 0.6) is 0 Å². The van der Waals surface area contributed by atoms with Gasteiger partial charge in [-0.2, -0.15) is 0 Å². The minimum absolute atomic E-state index is 0.256. The van der Waals surface area contributed by atoms with Crippen molar-refractivity contribution >= 4 is 11.8 Å². The highest BCUT2D eigenvalue weighted by atomic mass is 19.1. The third-order valence-electron chi connectivity index (χ3n) is 2.62. The van der Waals surface area contributed by atoms with E-state index in [9.17, 15) is 14.0 Å². The first kappa shape index (κ1) is 10.8. The van der Waals surface area contributed by atoms with E-state index < -0.39 is 6.10 Å². The first-order valence-corrected chi connectivity index (χ1v) is 5.08. The standard InChI is InChI=1S/C12H11FO3/c1-7-6-8(2-3-9(7)13)12(15)10-4-5-11(14)16-10/h2-3,6,10H,4-5H2,1H3. The molecule has 1 heterocycles. The van der Waals surface area contributed by atoms with Crippen molar-refractivity contribution in [2.24, 2.45) is 0 Å². The molecule has 1 saturated heterocycles. The van der Waals surface area contributed by atoms with Gasteiger partial charge in [0.2, 0.25) is 5.78 Å². The summed E-state index contributed by atoms with van der Waals surface area (Å²) in [5, 5.41) is 0. The van der Waals surface area contributed by atoms with E-state index in [0.717, 1.165) is 0 Å². The van der Waals surface area contributed by atoms with Crippen molar-refractivity contribution in [3.63, 3.8) is 0 Å². The van der Waals surface area contributed by atoms with Gasteiger partial charge in [-0.3, -0.25) is 9.59 Å². The van der Waals surface area contributed by atoms with Gasteiger partial charge in [-0.25, -0.2) is 4.39 Å². The van der Waals surface area contributed by atoms with Gasteiger partial charge in [0.15, 0.2) is 6.10 Å². The van der Waals surface area contributed by atoms with E-state index >= 15 is 0 Å². The molecule has 0 aromatic heterocycles. The quantitative estimate of drug-likeness (QED) is 0.568. The summed E-state index contributed by atoms with van der Waals surface area (Å²) in [6.45, 7) is 1.59. The summed E-state index contributed by atoms with van der Waals surface area (Å²) in [5.74, 6) is -0.953. The van der Waals surface area contributed by atoms with E-state index in [4.69, 9.17) is 4.74 Å². The number of ether oxygens (including phenoxy) is 1. The van der Waals surface area contributed by atoms with Crippen LogP contribution in [0.4, 0.5) is 4.39 Å². The maximum Gasteiger partial charge on any atom is 0.306 e. The minimum atomic E-state index is -0.697. The highest BCUT2D eigenvalue weighted by Gasteiger charge is 2.30. The van der Waals surface area contributed by atoms with Gasteiger partial charge < -0.3 is 4.74 Å². The number of carbonyl (C=O) groups is 2. The van der Waals surface area contributed by atoms with Crippen LogP contribution in [0, 0.1) is 12.7 Å². The van der Waals surface area contributed by atoms with Gasteiger partial charge in [-0.15, -0.1) is 0 Å². The molecule has 84 valence electrons. The fourth-order valence-corrected chi connectivity index (χ4v) is 1.69. The maximum absolute atomic E-state index is 13.0. The Balaban J connectivity index is 2.21. The van der Waals surface area contributed by atoms with E-state index in [0.29, 0.717) is 17.5 Å². The zero-order chi connectivity index (χ0) is 11.7. The van der Waals surface area contributed by atoms with Crippen LogP contribution in [-0.4, -0.2) is 17.9 Å². The minimum Gasteiger partial charge on any atom is -0.454 e. The highest BCUT2D eigenvalue weighted by molar-refractivity contribution is 6.01. The Hall–Kier alpha value is -1.71. The van der Waals surface area contributed by atoms with Crippen LogP contribution < -0.4 is 0 Å². The molecule has 1 aliphatic heterocycles. The van der Waals surface area contributed by atoms with Gasteiger partial charge in [0.05, 0.1) is 0 Å². The van der Waals surface area contributed by atoms with Crippen LogP contribution in [0.3, 0.4) is 0 Å². The molecule has 0 saturated carbocycles. The first-order chi connectivity index (χ1) is 7.58. The molecule has 0 bridgehead atoms. The van der Waals surface area contributed by atoms with Crippen LogP contribution in [0.25, 0.3) is 0 Å². The number of hydrogen-bond donors (Lipinski definition) is 0. The molecule has 1 atom stereocenters. The molecule has 1 aromatic rings. The number of hydrogen-bond acceptors (Lipinski definition) is 3. The fourth-order valence-electron chi connectivity index (χ4n) is 1.69. The summed E-state index contributed by atoms with van der Waals surface area (Å²) in [7, 11) is 0. The molecule has 1 aliphatic rings. The SMILES string of the molecule is Cc1cc(C(=O)C2CCC(=O)O2)ccc1F. The van der Waals surface area contributed by atoms with Gasteiger partial charge in [-0.05, 0) is 30.7 Å². The van der Waals surface area contributed by atoms with Crippen molar-refractivity contribution in [3.8, 4) is 0 Å². The molecular weight excluding hydrogens is 211 g/mol. The first-order valence-electron chi connectivity index (χ1n) is 5.08. The predicted molar refractivity (Wildman–Crippen MR) is 54.6 cm³/mol. The Labute approximate surface area is 92.2 Å². The molecule has 1 unspecified atom stereocenters. The Morgan fingerprint density at radius 1 is 1.50 bits per heavy atom. The number of Topliss-reactive ketones (excluding diaryl/α,β-unsaturated/α-hetero) is 1. The van der Waals surface area contributed by atoms with Crippen LogP contribution in [0.1, 0.15) is 28.8 Å². The summed E-state index contributed by atoms with van der Waals surface area (Å²) in [5.41, 5.74) is 0.800. The molecule has 0 N–H and O–H groups in total. The van der Waals surface area contributed by atoms with Gasteiger partial charge in [0.1, 0.15) is 5.82 Å². The monoisotopic (exact) mass is 222 g/mol. The summed E-state index contributed by atoms with van der Waals surface area (Å²) in [6.07, 6.45) is -0.0117. The number of carbonyl (C=O) groups excluding carboxylic acids is 2. The Morgan fingerprint density at radius 3 is 2.81 bits per heavy atom. The molecule has 2 rings (SSSR count). The maximum atomic E-state index is 13.0. The van der Waals surface area contributed by atoms with Gasteiger partial charge in [0.25, 0.3) is 0 Å². The average Bonchev–Trinajstić information content (AvgIpc) is 2.68. The number of benzene rings is 1. The van der Waals surface area contributed by atoms with E-state index in [1.807, 2.05) is 0 Å². The van der Waals surface area contributed by atoms with Crippen molar-refractivity contribution in [2.45, 2.75) is 25.9 Å². The number of rotatable bonds is 2. The summed E-state index contributed by atoms with van der Waals surface area (Å²) in [4.78, 5) is 22.7. The molecule has 0 radical (unpaired) electrons. The van der Waals surface area contributed by atoms with Gasteiger partial charge in [0, 0.05) is 18.4 Å². The Bertz CT molecular complexity index is 454. The summed E-state index contributed by atoms with van der Waals surface area (Å²) in [6, 6.07) is 4.14. The lowest BCUT2D eigenvalue weighted by molar-refractivity contribution is -0.140. The molecule has 1 fully saturated rings. The lowest BCUT2D eigenvalue weighted by atomic mass is 10.0. The zero-order valence-electron chi connectivity index (χ0n) is 8.83. The topological polar surface area (TPSA) is 43.4 Å². The van der Waals surface area contributed by atoms with Gasteiger partial charge >= 0.3 is 5.97 Å². The highest BCUT2D eigenvalue weighted by Crippen LogP contribution is 2.19. The summed E-state index contributed by atoms with van der Waals surface area (Å²) < 4.78 is 17.9. The fraction of sp³-hybridized carbons (Fsp3) is 0.333. The number of esters is 1. The molecule has 0 aliphatic carbocycles. The normalized spacial score (nSPS) is 19.6. The van der Waals surface area contributed by atoms with Crippen LogP contribution in [0.2, 0.25) is 0 Å². The van der Waals surface area contributed by atoms with Crippen molar-refractivity contribution in [1.82, 2.24) is 0 Å². The van der Waals surface area contributed by atoms with E-state index in [1.165, 1.54) is 18.2 Å². The molecule has 0 spiro atoms. The molecule has 0 amide bonds. The smallest absolute Gasteiger partial charge is 0.306 e. The number of ketones is 1. The second-order valence-electron chi connectivity index (χ2n) is 3.85. The van der Waals surface area contributed by atoms with Crippen molar-refractivity contribution in [2.75, 3.05) is 0 Å². The Morgan fingerprint density at radius 2 is 2.25 bits per heavy atom. The molecule has 1 aromatic carbocycles. The van der Waals surface area contributed by atoms with E-state index in [1.54, 1.807) is 6.92 Å². The number of aryl methyl sites for hydroxylation is 1. The third kappa shape index (κ3) is 1.96. The van der Waals surface area contributed by atoms with E-state index in [-0.39, 0.29) is 24.0 Å². The Kier molecular flexibility index (Phi) is 2.73. The molecule has 3 nitrogen and oxygen atoms in total. The lowest BCUT2D eigenvalue weighted by Crippen LogP contribution is -2.20. The zero-order valence-corrected chi connectivity index (χ0v) is 8.83. The third-order valence-corrected chi connectivity index (χ3v) is 2.62. The predicted octanol–water partition coefficient (Wildman–Crippen LogP) is 2.02. The van der Waals surface area contributed by atoms with Gasteiger partial charge in [-0.1, -0.05) is 0 Å². The van der Waals surface area contributed by atoms with Crippen LogP contribution in [0.15, 0.2) is 18.2 Å².